The van der Waals surface area contributed by atoms with Gasteiger partial charge in [0.15, 0.2) is 11.5 Å². The lowest BCUT2D eigenvalue weighted by atomic mass is 10.2. The van der Waals surface area contributed by atoms with Crippen LogP contribution in [0.2, 0.25) is 0 Å². The van der Waals surface area contributed by atoms with E-state index in [4.69, 9.17) is 29.6 Å². The van der Waals surface area contributed by atoms with E-state index in [0.717, 1.165) is 0 Å². The molecule has 0 aliphatic rings. The van der Waals surface area contributed by atoms with Crippen molar-refractivity contribution >= 4 is 18.2 Å². The predicted octanol–water partition coefficient (Wildman–Crippen LogP) is 0.369. The third kappa shape index (κ3) is 5.17. The summed E-state index contributed by atoms with van der Waals surface area (Å²) in [5.41, 5.74) is 0.486. The molecule has 1 rings (SSSR count). The lowest BCUT2D eigenvalue weighted by Crippen LogP contribution is -2.09. The third-order valence-corrected chi connectivity index (χ3v) is 1.52. The second-order valence-electron chi connectivity index (χ2n) is 2.66. The highest BCUT2D eigenvalue weighted by molar-refractivity contribution is 6.27. The average Bonchev–Trinajstić information content (AvgIpc) is 2.30. The number of carbonyl (C=O) groups is 3. The number of phenols is 1. The number of aldehydes is 1. The van der Waals surface area contributed by atoms with Gasteiger partial charge in [0.2, 0.25) is 0 Å². The zero-order chi connectivity index (χ0) is 13.4. The quantitative estimate of drug-likeness (QED) is 0.505. The number of aliphatic carboxylic acids is 2. The molecule has 1 aromatic rings. The van der Waals surface area contributed by atoms with Crippen LogP contribution in [-0.4, -0.2) is 40.7 Å². The van der Waals surface area contributed by atoms with Crippen LogP contribution in [0, 0.1) is 0 Å². The Bertz CT molecular complexity index is 413. The first-order chi connectivity index (χ1) is 7.92. The summed E-state index contributed by atoms with van der Waals surface area (Å²) in [5.74, 6) is -3.29. The fourth-order valence-corrected chi connectivity index (χ4v) is 0.768. The normalized spacial score (nSPS) is 8.53. The van der Waals surface area contributed by atoms with Gasteiger partial charge in [-0.3, -0.25) is 4.79 Å². The van der Waals surface area contributed by atoms with Crippen molar-refractivity contribution < 1.29 is 34.4 Å². The maximum Gasteiger partial charge on any atom is 0.414 e. The predicted molar refractivity (Wildman–Crippen MR) is 55.3 cm³/mol. The number of carboxylic acids is 2. The zero-order valence-corrected chi connectivity index (χ0v) is 8.78. The number of ether oxygens (including phenoxy) is 1. The minimum absolute atomic E-state index is 0.0399. The van der Waals surface area contributed by atoms with E-state index in [2.05, 4.69) is 0 Å². The Morgan fingerprint density at radius 3 is 2.12 bits per heavy atom. The van der Waals surface area contributed by atoms with Crippen LogP contribution >= 0.6 is 0 Å². The van der Waals surface area contributed by atoms with Crippen molar-refractivity contribution in [1.82, 2.24) is 0 Å². The van der Waals surface area contributed by atoms with Crippen LogP contribution in [-0.2, 0) is 9.59 Å². The van der Waals surface area contributed by atoms with Gasteiger partial charge in [0.25, 0.3) is 0 Å². The van der Waals surface area contributed by atoms with Crippen molar-refractivity contribution in [2.45, 2.75) is 0 Å². The van der Waals surface area contributed by atoms with Gasteiger partial charge in [-0.1, -0.05) is 0 Å². The van der Waals surface area contributed by atoms with Crippen molar-refractivity contribution in [3.8, 4) is 11.5 Å². The lowest BCUT2D eigenvalue weighted by Gasteiger charge is -2.01. The Kier molecular flexibility index (Phi) is 5.80. The monoisotopic (exact) mass is 242 g/mol. The lowest BCUT2D eigenvalue weighted by molar-refractivity contribution is -0.159. The van der Waals surface area contributed by atoms with Gasteiger partial charge in [-0.25, -0.2) is 9.59 Å². The van der Waals surface area contributed by atoms with Crippen LogP contribution in [0.3, 0.4) is 0 Å². The summed E-state index contributed by atoms with van der Waals surface area (Å²) in [5, 5.41) is 23.9. The van der Waals surface area contributed by atoms with Gasteiger partial charge in [0.05, 0.1) is 7.11 Å². The second kappa shape index (κ2) is 6.83. The Morgan fingerprint density at radius 2 is 1.76 bits per heavy atom. The zero-order valence-electron chi connectivity index (χ0n) is 8.78. The molecule has 0 amide bonds. The molecule has 0 aromatic heterocycles. The van der Waals surface area contributed by atoms with E-state index in [1.54, 1.807) is 0 Å². The Hall–Kier alpha value is -2.57. The van der Waals surface area contributed by atoms with Crippen molar-refractivity contribution in [1.29, 1.82) is 0 Å². The minimum atomic E-state index is -1.82. The van der Waals surface area contributed by atoms with Gasteiger partial charge in [-0.2, -0.15) is 0 Å². The molecule has 0 aliphatic carbocycles. The summed E-state index contributed by atoms with van der Waals surface area (Å²) >= 11 is 0. The van der Waals surface area contributed by atoms with Crippen LogP contribution < -0.4 is 4.74 Å². The molecule has 0 radical (unpaired) electrons. The molecular weight excluding hydrogens is 232 g/mol. The number of carboxylic acid groups (broad SMARTS) is 2. The van der Waals surface area contributed by atoms with Gasteiger partial charge < -0.3 is 20.1 Å². The summed E-state index contributed by atoms with van der Waals surface area (Å²) in [7, 11) is 1.43. The van der Waals surface area contributed by atoms with Gasteiger partial charge in [-0.15, -0.1) is 0 Å². The SMILES string of the molecule is COc1cc(C=O)ccc1O.O=C(O)C(=O)O. The molecule has 7 nitrogen and oxygen atoms in total. The van der Waals surface area contributed by atoms with E-state index in [0.29, 0.717) is 17.6 Å². The van der Waals surface area contributed by atoms with E-state index in [9.17, 15) is 4.79 Å². The minimum Gasteiger partial charge on any atom is -0.504 e. The maximum absolute atomic E-state index is 10.2. The molecule has 17 heavy (non-hydrogen) atoms. The molecule has 0 saturated heterocycles. The summed E-state index contributed by atoms with van der Waals surface area (Å²) < 4.78 is 4.78. The number of methoxy groups -OCH3 is 1. The molecule has 1 aromatic carbocycles. The van der Waals surface area contributed by atoms with E-state index >= 15 is 0 Å². The highest BCUT2D eigenvalue weighted by Crippen LogP contribution is 2.25. The molecule has 7 heteroatoms. The number of benzene rings is 1. The summed E-state index contributed by atoms with van der Waals surface area (Å²) in [6.07, 6.45) is 0.696. The van der Waals surface area contributed by atoms with Crippen molar-refractivity contribution in [2.24, 2.45) is 0 Å². The highest BCUT2D eigenvalue weighted by atomic mass is 16.5. The van der Waals surface area contributed by atoms with Crippen LogP contribution in [0.25, 0.3) is 0 Å². The fourth-order valence-electron chi connectivity index (χ4n) is 0.768. The molecule has 0 atom stereocenters. The van der Waals surface area contributed by atoms with Crippen LogP contribution in [0.15, 0.2) is 18.2 Å². The first-order valence-electron chi connectivity index (χ1n) is 4.20. The first-order valence-corrected chi connectivity index (χ1v) is 4.20. The molecule has 3 N–H and O–H groups in total. The number of carbonyl (C=O) groups excluding carboxylic acids is 1. The summed E-state index contributed by atoms with van der Waals surface area (Å²) in [6.45, 7) is 0. The Balaban J connectivity index is 0.000000366. The van der Waals surface area contributed by atoms with E-state index in [1.807, 2.05) is 0 Å². The van der Waals surface area contributed by atoms with E-state index in [1.165, 1.54) is 25.3 Å². The molecule has 0 unspecified atom stereocenters. The molecule has 0 spiro atoms. The standard InChI is InChI=1S/C8H8O3.C2H2O4/c1-11-8-4-6(5-9)2-3-7(8)10;3-1(4)2(5)6/h2-5,10H,1H3;(H,3,4)(H,5,6). The van der Waals surface area contributed by atoms with Crippen LogP contribution in [0.1, 0.15) is 10.4 Å². The van der Waals surface area contributed by atoms with Crippen LogP contribution in [0.4, 0.5) is 0 Å². The number of aromatic hydroxyl groups is 1. The summed E-state index contributed by atoms with van der Waals surface area (Å²) in [6, 6.07) is 4.41. The number of hydrogen-bond donors (Lipinski definition) is 3. The van der Waals surface area contributed by atoms with Gasteiger partial charge in [0.1, 0.15) is 6.29 Å². The molecule has 0 saturated carbocycles. The topological polar surface area (TPSA) is 121 Å². The molecular formula is C10H10O7. The van der Waals surface area contributed by atoms with Crippen LogP contribution in [0.5, 0.6) is 11.5 Å². The Labute approximate surface area is 95.9 Å². The van der Waals surface area contributed by atoms with Crippen molar-refractivity contribution in [2.75, 3.05) is 7.11 Å². The molecule has 0 heterocycles. The number of rotatable bonds is 2. The highest BCUT2D eigenvalue weighted by Gasteiger charge is 2.04. The first kappa shape index (κ1) is 14.4. The van der Waals surface area contributed by atoms with Gasteiger partial charge >= 0.3 is 11.9 Å². The van der Waals surface area contributed by atoms with Gasteiger partial charge in [-0.05, 0) is 18.2 Å². The van der Waals surface area contributed by atoms with Crippen molar-refractivity contribution in [3.05, 3.63) is 23.8 Å². The average molecular weight is 242 g/mol. The molecule has 0 bridgehead atoms. The fraction of sp³-hybridized carbons (Fsp3) is 0.100. The maximum atomic E-state index is 10.2. The van der Waals surface area contributed by atoms with E-state index in [-0.39, 0.29) is 5.75 Å². The summed E-state index contributed by atoms with van der Waals surface area (Å²) in [4.78, 5) is 28.4. The number of hydrogen-bond acceptors (Lipinski definition) is 5. The molecule has 0 aliphatic heterocycles. The molecule has 92 valence electrons. The smallest absolute Gasteiger partial charge is 0.414 e. The molecule has 0 fully saturated rings. The Morgan fingerprint density at radius 1 is 1.24 bits per heavy atom. The third-order valence-electron chi connectivity index (χ3n) is 1.52. The van der Waals surface area contributed by atoms with Crippen molar-refractivity contribution in [3.63, 3.8) is 0 Å². The largest absolute Gasteiger partial charge is 0.504 e. The number of phenolic OH excluding ortho intramolecular Hbond substituents is 1. The van der Waals surface area contributed by atoms with E-state index < -0.39 is 11.9 Å². The second-order valence-corrected chi connectivity index (χ2v) is 2.66. The van der Waals surface area contributed by atoms with Gasteiger partial charge in [0, 0.05) is 5.56 Å².